The highest BCUT2D eigenvalue weighted by molar-refractivity contribution is 7.17. The number of carbonyl (C=O) groups is 3. The van der Waals surface area contributed by atoms with Crippen molar-refractivity contribution >= 4 is 39.9 Å². The maximum atomic E-state index is 13.6. The number of benzene rings is 2. The van der Waals surface area contributed by atoms with Gasteiger partial charge in [0.1, 0.15) is 16.4 Å². The Kier molecular flexibility index (Phi) is 9.84. The summed E-state index contributed by atoms with van der Waals surface area (Å²) < 4.78 is 22.0. The average Bonchev–Trinajstić information content (AvgIpc) is 3.50. The molecule has 2 heterocycles. The van der Waals surface area contributed by atoms with Gasteiger partial charge in [0.05, 0.1) is 44.2 Å². The number of unbranched alkanes of at least 4 members (excludes halogenated alkanes) is 1. The number of amides is 1. The third kappa shape index (κ3) is 6.11. The summed E-state index contributed by atoms with van der Waals surface area (Å²) in [6.45, 7) is 8.37. The number of hydrogen-bond acceptors (Lipinski definition) is 10. The standard InChI is InChI=1S/C31H34N2O8S/c1-6-9-16-41-21-13-10-19(11-14-21)26(34)24-25(20-12-15-22(39-7-2)23(17-20)38-5)33(29(36)27(24)35)31-32-18(4)28(42-31)30(37)40-8-3/h10-15,17,25,34H,6-9,16H2,1-5H3. The number of aryl methyl sites for hydroxylation is 1. The Bertz CT molecular complexity index is 1500. The number of Topliss-reactive ketones (excluding diaryl/α,β-unsaturated/α-hetero) is 1. The number of thiazole rings is 1. The summed E-state index contributed by atoms with van der Waals surface area (Å²) in [5.74, 6) is -1.22. The smallest absolute Gasteiger partial charge is 0.350 e. The Balaban J connectivity index is 1.86. The van der Waals surface area contributed by atoms with Crippen LogP contribution >= 0.6 is 11.3 Å². The van der Waals surface area contributed by atoms with Crippen molar-refractivity contribution < 1.29 is 38.4 Å². The molecule has 11 heteroatoms. The van der Waals surface area contributed by atoms with Gasteiger partial charge in [0, 0.05) is 5.56 Å². The van der Waals surface area contributed by atoms with Crippen LogP contribution in [0.3, 0.4) is 0 Å². The Morgan fingerprint density at radius 1 is 1.02 bits per heavy atom. The van der Waals surface area contributed by atoms with Gasteiger partial charge in [-0.2, -0.15) is 0 Å². The topological polar surface area (TPSA) is 124 Å². The predicted molar refractivity (Wildman–Crippen MR) is 159 cm³/mol. The quantitative estimate of drug-likeness (QED) is 0.0905. The molecule has 0 bridgehead atoms. The summed E-state index contributed by atoms with van der Waals surface area (Å²) in [5.41, 5.74) is 1.04. The number of aromatic nitrogens is 1. The number of rotatable bonds is 12. The van der Waals surface area contributed by atoms with Crippen molar-refractivity contribution in [2.75, 3.05) is 31.8 Å². The third-order valence-corrected chi connectivity index (χ3v) is 7.73. The molecule has 1 N–H and O–H groups in total. The van der Waals surface area contributed by atoms with Gasteiger partial charge < -0.3 is 24.1 Å². The monoisotopic (exact) mass is 594 g/mol. The molecule has 0 saturated carbocycles. The number of nitrogens with zero attached hydrogens (tertiary/aromatic N) is 2. The number of anilines is 1. The molecule has 1 amide bonds. The lowest BCUT2D eigenvalue weighted by atomic mass is 9.95. The first-order valence-corrected chi connectivity index (χ1v) is 14.6. The second kappa shape index (κ2) is 13.5. The van der Waals surface area contributed by atoms with E-state index in [0.29, 0.717) is 47.3 Å². The lowest BCUT2D eigenvalue weighted by Gasteiger charge is -2.24. The summed E-state index contributed by atoms with van der Waals surface area (Å²) in [6.07, 6.45) is 1.90. The Morgan fingerprint density at radius 3 is 2.40 bits per heavy atom. The van der Waals surface area contributed by atoms with Crippen molar-refractivity contribution in [2.24, 2.45) is 0 Å². The van der Waals surface area contributed by atoms with Crippen molar-refractivity contribution in [1.29, 1.82) is 0 Å². The minimum atomic E-state index is -1.07. The van der Waals surface area contributed by atoms with E-state index < -0.39 is 23.7 Å². The maximum absolute atomic E-state index is 13.6. The van der Waals surface area contributed by atoms with Gasteiger partial charge in [-0.05, 0) is 69.2 Å². The van der Waals surface area contributed by atoms with Gasteiger partial charge in [-0.15, -0.1) is 0 Å². The van der Waals surface area contributed by atoms with E-state index in [0.717, 1.165) is 24.2 Å². The lowest BCUT2D eigenvalue weighted by molar-refractivity contribution is -0.132. The largest absolute Gasteiger partial charge is 0.507 e. The molecule has 1 fully saturated rings. The molecule has 1 atom stereocenters. The van der Waals surface area contributed by atoms with Crippen LogP contribution in [0, 0.1) is 6.92 Å². The van der Waals surface area contributed by atoms with Crippen LogP contribution in [0.5, 0.6) is 17.2 Å². The van der Waals surface area contributed by atoms with Crippen LogP contribution in [0.15, 0.2) is 48.0 Å². The second-order valence-corrected chi connectivity index (χ2v) is 10.3. The number of ketones is 1. The molecule has 1 aliphatic heterocycles. The van der Waals surface area contributed by atoms with E-state index in [4.69, 9.17) is 18.9 Å². The molecule has 42 heavy (non-hydrogen) atoms. The highest BCUT2D eigenvalue weighted by atomic mass is 32.1. The molecule has 1 unspecified atom stereocenters. The van der Waals surface area contributed by atoms with Crippen LogP contribution in [-0.2, 0) is 14.3 Å². The van der Waals surface area contributed by atoms with Crippen LogP contribution < -0.4 is 19.1 Å². The zero-order valence-corrected chi connectivity index (χ0v) is 25.1. The third-order valence-electron chi connectivity index (χ3n) is 6.59. The Hall–Kier alpha value is -4.38. The summed E-state index contributed by atoms with van der Waals surface area (Å²) in [6, 6.07) is 10.6. The van der Waals surface area contributed by atoms with Crippen LogP contribution in [0.25, 0.3) is 5.76 Å². The molecule has 0 radical (unpaired) electrons. The molecule has 0 aliphatic carbocycles. The van der Waals surface area contributed by atoms with Gasteiger partial charge in [0.2, 0.25) is 0 Å². The zero-order chi connectivity index (χ0) is 30.4. The average molecular weight is 595 g/mol. The Morgan fingerprint density at radius 2 is 1.76 bits per heavy atom. The summed E-state index contributed by atoms with van der Waals surface area (Å²) in [7, 11) is 1.48. The highest BCUT2D eigenvalue weighted by Gasteiger charge is 2.48. The SMILES string of the molecule is CCCCOc1ccc(C(O)=C2C(=O)C(=O)N(c3nc(C)c(C(=O)OCC)s3)C2c2ccc(OCC)c(OC)c2)cc1. The van der Waals surface area contributed by atoms with Crippen molar-refractivity contribution in [3.63, 3.8) is 0 Å². The van der Waals surface area contributed by atoms with E-state index in [1.807, 2.05) is 6.92 Å². The molecule has 222 valence electrons. The first-order chi connectivity index (χ1) is 20.2. The number of hydrogen-bond donors (Lipinski definition) is 1. The van der Waals surface area contributed by atoms with Crippen LogP contribution in [0.4, 0.5) is 5.13 Å². The van der Waals surface area contributed by atoms with E-state index in [9.17, 15) is 19.5 Å². The minimum absolute atomic E-state index is 0.120. The molecule has 10 nitrogen and oxygen atoms in total. The fourth-order valence-electron chi connectivity index (χ4n) is 4.54. The summed E-state index contributed by atoms with van der Waals surface area (Å²) >= 11 is 0.942. The van der Waals surface area contributed by atoms with E-state index in [1.54, 1.807) is 56.3 Å². The van der Waals surface area contributed by atoms with E-state index in [1.165, 1.54) is 12.0 Å². The molecule has 0 spiro atoms. The molecular formula is C31H34N2O8S. The molecule has 1 aromatic heterocycles. The molecule has 1 aliphatic rings. The van der Waals surface area contributed by atoms with Gasteiger partial charge >= 0.3 is 11.9 Å². The van der Waals surface area contributed by atoms with Gasteiger partial charge in [-0.1, -0.05) is 30.7 Å². The fraction of sp³-hybridized carbons (Fsp3) is 0.355. The van der Waals surface area contributed by atoms with Gasteiger partial charge in [0.25, 0.3) is 5.78 Å². The van der Waals surface area contributed by atoms with Crippen molar-refractivity contribution in [2.45, 2.75) is 46.6 Å². The number of ether oxygens (including phenoxy) is 4. The molecule has 4 rings (SSSR count). The number of aliphatic hydroxyl groups excluding tert-OH is 1. The van der Waals surface area contributed by atoms with Gasteiger partial charge in [-0.3, -0.25) is 14.5 Å². The number of carbonyl (C=O) groups excluding carboxylic acids is 3. The van der Waals surface area contributed by atoms with Crippen LogP contribution in [0.2, 0.25) is 0 Å². The number of esters is 1. The first-order valence-electron chi connectivity index (χ1n) is 13.7. The molecule has 3 aromatic rings. The molecule has 2 aromatic carbocycles. The first kappa shape index (κ1) is 30.6. The maximum Gasteiger partial charge on any atom is 0.350 e. The van der Waals surface area contributed by atoms with Gasteiger partial charge in [0.15, 0.2) is 16.6 Å². The van der Waals surface area contributed by atoms with E-state index >= 15 is 0 Å². The van der Waals surface area contributed by atoms with Crippen LogP contribution in [0.1, 0.15) is 66.1 Å². The van der Waals surface area contributed by atoms with Crippen molar-refractivity contribution in [3.05, 3.63) is 69.7 Å². The second-order valence-electron chi connectivity index (χ2n) is 9.37. The van der Waals surface area contributed by atoms with Crippen molar-refractivity contribution in [1.82, 2.24) is 4.98 Å². The Labute approximate surface area is 248 Å². The summed E-state index contributed by atoms with van der Waals surface area (Å²) in [4.78, 5) is 45.6. The highest BCUT2D eigenvalue weighted by Crippen LogP contribution is 2.45. The zero-order valence-electron chi connectivity index (χ0n) is 24.3. The van der Waals surface area contributed by atoms with E-state index in [2.05, 4.69) is 11.9 Å². The molecular weight excluding hydrogens is 560 g/mol. The predicted octanol–water partition coefficient (Wildman–Crippen LogP) is 5.84. The van der Waals surface area contributed by atoms with Gasteiger partial charge in [-0.25, -0.2) is 9.78 Å². The fourth-order valence-corrected chi connectivity index (χ4v) is 5.53. The minimum Gasteiger partial charge on any atom is -0.507 e. The lowest BCUT2D eigenvalue weighted by Crippen LogP contribution is -2.29. The van der Waals surface area contributed by atoms with E-state index in [-0.39, 0.29) is 27.9 Å². The van der Waals surface area contributed by atoms with Crippen LogP contribution in [-0.4, -0.2) is 54.7 Å². The molecule has 1 saturated heterocycles. The summed E-state index contributed by atoms with van der Waals surface area (Å²) in [5, 5.41) is 11.6. The van der Waals surface area contributed by atoms with Crippen molar-refractivity contribution in [3.8, 4) is 17.2 Å². The number of methoxy groups -OCH3 is 1. The normalized spacial score (nSPS) is 16.0. The number of aliphatic hydroxyl groups is 1.